The van der Waals surface area contributed by atoms with Gasteiger partial charge in [-0.1, -0.05) is 56.3 Å². The fourth-order valence-corrected chi connectivity index (χ4v) is 8.11. The molecule has 3 N–H and O–H groups in total. The maximum atomic E-state index is 15.3. The van der Waals surface area contributed by atoms with Gasteiger partial charge in [-0.25, -0.2) is 22.6 Å². The van der Waals surface area contributed by atoms with Crippen LogP contribution in [0.5, 0.6) is 0 Å². The Balaban J connectivity index is 1.33. The van der Waals surface area contributed by atoms with Crippen LogP contribution < -0.4 is 16.0 Å². The fourth-order valence-electron chi connectivity index (χ4n) is 4.67. The molecule has 3 aromatic carbocycles. The molecule has 4 aromatic rings. The molecule has 0 spiro atoms. The summed E-state index contributed by atoms with van der Waals surface area (Å²) in [5.74, 6) is -2.37. The van der Waals surface area contributed by atoms with Gasteiger partial charge < -0.3 is 15.4 Å². The van der Waals surface area contributed by atoms with E-state index in [4.69, 9.17) is 4.74 Å². The molecule has 0 bridgehead atoms. The first kappa shape index (κ1) is 32.0. The van der Waals surface area contributed by atoms with Crippen LogP contribution >= 0.6 is 11.3 Å². The number of rotatable bonds is 12. The van der Waals surface area contributed by atoms with Crippen molar-refractivity contribution < 1.29 is 31.9 Å². The highest BCUT2D eigenvalue weighted by Crippen LogP contribution is 2.36. The van der Waals surface area contributed by atoms with E-state index < -0.39 is 38.8 Å². The minimum absolute atomic E-state index is 0.00383. The molecule has 1 aliphatic carbocycles. The van der Waals surface area contributed by atoms with E-state index in [1.807, 2.05) is 30.3 Å². The van der Waals surface area contributed by atoms with Crippen molar-refractivity contribution in [1.82, 2.24) is 15.6 Å². The van der Waals surface area contributed by atoms with Gasteiger partial charge in [-0.2, -0.15) is 0 Å². The zero-order valence-corrected chi connectivity index (χ0v) is 26.3. The Morgan fingerprint density at radius 3 is 2.42 bits per heavy atom. The molecule has 0 radical (unpaired) electrons. The van der Waals surface area contributed by atoms with Crippen molar-refractivity contribution in [2.45, 2.75) is 44.6 Å². The van der Waals surface area contributed by atoms with Crippen LogP contribution in [0.25, 0.3) is 21.3 Å². The molecule has 1 heterocycles. The van der Waals surface area contributed by atoms with Crippen LogP contribution in [0, 0.1) is 11.7 Å². The van der Waals surface area contributed by atoms with Crippen LogP contribution in [0.2, 0.25) is 0 Å². The number of thiazole rings is 1. The van der Waals surface area contributed by atoms with Crippen molar-refractivity contribution in [3.8, 4) is 11.1 Å². The van der Waals surface area contributed by atoms with Gasteiger partial charge >= 0.3 is 6.09 Å². The molecule has 1 aliphatic rings. The summed E-state index contributed by atoms with van der Waals surface area (Å²) in [4.78, 5) is 41.9. The molecule has 236 valence electrons. The number of carbonyl (C=O) groups excluding carboxylic acids is 3. The Hall–Kier alpha value is -4.36. The average molecular weight is 653 g/mol. The fraction of sp³-hybridized carbons (Fsp3) is 0.312. The predicted molar refractivity (Wildman–Crippen MR) is 171 cm³/mol. The number of fused-ring (bicyclic) bond motifs is 1. The lowest BCUT2D eigenvalue weighted by Crippen LogP contribution is -2.42. The molecule has 5 rings (SSSR count). The molecule has 1 unspecified atom stereocenters. The molecule has 0 saturated heterocycles. The molecule has 3 amide bonds. The highest BCUT2D eigenvalue weighted by atomic mass is 32.2. The molecule has 10 nitrogen and oxygen atoms in total. The standard InChI is InChI=1S/C32H33FN4O6S2/c1-19(2)18-45(41,42)29(30(39)34-16-28(38)35-22-12-13-22)31-37-26-15-25(33)24(14-27(26)44-31)21-8-10-23(11-9-21)36-32(40)43-17-20-6-4-3-5-7-20/h3-11,14-15,19,22,29H,12-13,16-18H2,1-2H3,(H,34,39)(H,35,38)(H,36,40). The number of halogens is 1. The van der Waals surface area contributed by atoms with Crippen LogP contribution in [-0.2, 0) is 30.8 Å². The van der Waals surface area contributed by atoms with Crippen molar-refractivity contribution in [3.63, 3.8) is 0 Å². The van der Waals surface area contributed by atoms with Gasteiger partial charge in [-0.05, 0) is 48.1 Å². The van der Waals surface area contributed by atoms with Crippen molar-refractivity contribution in [1.29, 1.82) is 0 Å². The van der Waals surface area contributed by atoms with Crippen LogP contribution in [0.4, 0.5) is 14.9 Å². The summed E-state index contributed by atoms with van der Waals surface area (Å²) in [6.07, 6.45) is 1.12. The van der Waals surface area contributed by atoms with Gasteiger partial charge in [0.05, 0.1) is 22.5 Å². The number of nitrogens with zero attached hydrogens (tertiary/aromatic N) is 1. The predicted octanol–water partition coefficient (Wildman–Crippen LogP) is 5.36. The lowest BCUT2D eigenvalue weighted by molar-refractivity contribution is -0.126. The maximum Gasteiger partial charge on any atom is 0.411 e. The quantitative estimate of drug-likeness (QED) is 0.187. The highest BCUT2D eigenvalue weighted by molar-refractivity contribution is 7.92. The Labute approximate surface area is 264 Å². The SMILES string of the molecule is CC(C)CS(=O)(=O)C(C(=O)NCC(=O)NC1CC1)c1nc2cc(F)c(-c3ccc(NC(=O)OCc4ccccc4)cc3)cc2s1. The monoisotopic (exact) mass is 652 g/mol. The van der Waals surface area contributed by atoms with Crippen molar-refractivity contribution in [2.24, 2.45) is 5.92 Å². The van der Waals surface area contributed by atoms with Gasteiger partial charge in [-0.15, -0.1) is 11.3 Å². The van der Waals surface area contributed by atoms with Crippen molar-refractivity contribution in [3.05, 3.63) is 83.1 Å². The minimum Gasteiger partial charge on any atom is -0.444 e. The first-order chi connectivity index (χ1) is 21.5. The minimum atomic E-state index is -4.02. The van der Waals surface area contributed by atoms with Crippen LogP contribution in [0.15, 0.2) is 66.7 Å². The molecule has 1 aromatic heterocycles. The zero-order valence-electron chi connectivity index (χ0n) is 24.7. The second kappa shape index (κ2) is 13.7. The van der Waals surface area contributed by atoms with E-state index in [0.717, 1.165) is 29.7 Å². The number of carbonyl (C=O) groups is 3. The summed E-state index contributed by atoms with van der Waals surface area (Å²) in [5, 5.41) is 6.18. The topological polar surface area (TPSA) is 144 Å². The Morgan fingerprint density at radius 1 is 1.04 bits per heavy atom. The van der Waals surface area contributed by atoms with Gasteiger partial charge in [0.1, 0.15) is 17.4 Å². The first-order valence-electron chi connectivity index (χ1n) is 14.5. The average Bonchev–Trinajstić information content (AvgIpc) is 3.71. The second-order valence-corrected chi connectivity index (χ2v) is 14.5. The summed E-state index contributed by atoms with van der Waals surface area (Å²) >= 11 is 0.983. The van der Waals surface area contributed by atoms with Crippen LogP contribution in [0.1, 0.15) is 42.5 Å². The van der Waals surface area contributed by atoms with E-state index >= 15 is 4.39 Å². The zero-order chi connectivity index (χ0) is 32.1. The van der Waals surface area contributed by atoms with E-state index in [1.165, 1.54) is 6.07 Å². The third kappa shape index (κ3) is 8.43. The normalized spacial score (nSPS) is 13.8. The number of hydrogen-bond donors (Lipinski definition) is 3. The number of hydrogen-bond acceptors (Lipinski definition) is 8. The summed E-state index contributed by atoms with van der Waals surface area (Å²) in [7, 11) is -4.02. The third-order valence-corrected chi connectivity index (χ3v) is 10.4. The number of anilines is 1. The highest BCUT2D eigenvalue weighted by Gasteiger charge is 2.38. The number of benzene rings is 3. The number of aromatic nitrogens is 1. The molecular weight excluding hydrogens is 620 g/mol. The summed E-state index contributed by atoms with van der Waals surface area (Å²) in [5.41, 5.74) is 2.25. The number of nitrogens with one attached hydrogen (secondary N) is 3. The van der Waals surface area contributed by atoms with E-state index in [0.29, 0.717) is 16.0 Å². The van der Waals surface area contributed by atoms with Crippen molar-refractivity contribution in [2.75, 3.05) is 17.6 Å². The summed E-state index contributed by atoms with van der Waals surface area (Å²) in [6, 6.07) is 18.6. The lowest BCUT2D eigenvalue weighted by Gasteiger charge is -2.16. The molecule has 1 fully saturated rings. The Bertz CT molecular complexity index is 1810. The molecular formula is C32H33FN4O6S2. The van der Waals surface area contributed by atoms with Gasteiger partial charge in [0.2, 0.25) is 11.8 Å². The van der Waals surface area contributed by atoms with Gasteiger partial charge in [0.25, 0.3) is 0 Å². The summed E-state index contributed by atoms with van der Waals surface area (Å²) in [6.45, 7) is 3.21. The lowest BCUT2D eigenvalue weighted by atomic mass is 10.0. The van der Waals surface area contributed by atoms with Crippen molar-refractivity contribution >= 4 is 55.0 Å². The first-order valence-corrected chi connectivity index (χ1v) is 17.0. The smallest absolute Gasteiger partial charge is 0.411 e. The van der Waals surface area contributed by atoms with Gasteiger partial charge in [-0.3, -0.25) is 14.9 Å². The van der Waals surface area contributed by atoms with E-state index in [-0.39, 0.29) is 47.0 Å². The number of sulfone groups is 1. The van der Waals surface area contributed by atoms with Gasteiger partial charge in [0.15, 0.2) is 15.1 Å². The van der Waals surface area contributed by atoms with E-state index in [1.54, 1.807) is 44.2 Å². The largest absolute Gasteiger partial charge is 0.444 e. The Kier molecular flexibility index (Phi) is 9.78. The summed E-state index contributed by atoms with van der Waals surface area (Å²) < 4.78 is 47.7. The van der Waals surface area contributed by atoms with Gasteiger partial charge in [0, 0.05) is 23.4 Å². The molecule has 0 aliphatic heterocycles. The van der Waals surface area contributed by atoms with E-state index in [2.05, 4.69) is 20.9 Å². The molecule has 1 saturated carbocycles. The number of amides is 3. The number of ether oxygens (including phenoxy) is 1. The molecule has 13 heteroatoms. The third-order valence-electron chi connectivity index (χ3n) is 6.90. The van der Waals surface area contributed by atoms with Crippen LogP contribution in [-0.4, -0.2) is 49.6 Å². The molecule has 45 heavy (non-hydrogen) atoms. The molecule has 1 atom stereocenters. The maximum absolute atomic E-state index is 15.3. The Morgan fingerprint density at radius 2 is 1.76 bits per heavy atom. The van der Waals surface area contributed by atoms with Crippen LogP contribution in [0.3, 0.4) is 0 Å². The van der Waals surface area contributed by atoms with E-state index in [9.17, 15) is 22.8 Å². The second-order valence-electron chi connectivity index (χ2n) is 11.3.